The molecular weight excluding hydrogens is 286 g/mol. The zero-order valence-corrected chi connectivity index (χ0v) is 11.7. The molecule has 0 atom stereocenters. The second-order valence-corrected chi connectivity index (χ2v) is 5.19. The van der Waals surface area contributed by atoms with Crippen molar-refractivity contribution in [3.8, 4) is 11.3 Å². The normalized spacial score (nSPS) is 10.3. The first-order chi connectivity index (χ1) is 10.2. The van der Waals surface area contributed by atoms with Gasteiger partial charge in [-0.15, -0.1) is 11.3 Å². The van der Waals surface area contributed by atoms with Crippen LogP contribution >= 0.6 is 11.3 Å². The molecule has 3 rings (SSSR count). The van der Waals surface area contributed by atoms with Crippen LogP contribution in [0.4, 0.5) is 16.5 Å². The maximum absolute atomic E-state index is 10.8. The summed E-state index contributed by atoms with van der Waals surface area (Å²) in [5.74, 6) is 0. The summed E-state index contributed by atoms with van der Waals surface area (Å²) in [7, 11) is 0. The molecule has 0 amide bonds. The fourth-order valence-corrected chi connectivity index (χ4v) is 2.63. The number of benzene rings is 2. The van der Waals surface area contributed by atoms with Crippen LogP contribution in [0.25, 0.3) is 11.3 Å². The number of nitro benzene ring substituents is 1. The van der Waals surface area contributed by atoms with E-state index in [2.05, 4.69) is 10.3 Å². The zero-order valence-electron chi connectivity index (χ0n) is 10.9. The van der Waals surface area contributed by atoms with Gasteiger partial charge in [-0.25, -0.2) is 4.98 Å². The van der Waals surface area contributed by atoms with Gasteiger partial charge in [-0.2, -0.15) is 0 Å². The van der Waals surface area contributed by atoms with Gasteiger partial charge in [-0.1, -0.05) is 36.4 Å². The topological polar surface area (TPSA) is 68.1 Å². The molecule has 0 unspecified atom stereocenters. The Morgan fingerprint density at radius 1 is 1.10 bits per heavy atom. The fourth-order valence-electron chi connectivity index (χ4n) is 1.89. The molecule has 0 saturated carbocycles. The first-order valence-electron chi connectivity index (χ1n) is 6.25. The standard InChI is InChI=1S/C15H11N3O2S/c19-18(20)13-8-4-7-12(9-13)16-15-17-14(10-21-15)11-5-2-1-3-6-11/h1-10H,(H,16,17). The van der Waals surface area contributed by atoms with Crippen molar-refractivity contribution in [2.24, 2.45) is 0 Å². The first kappa shape index (κ1) is 13.3. The molecule has 1 N–H and O–H groups in total. The molecular formula is C15H11N3O2S. The average molecular weight is 297 g/mol. The third-order valence-electron chi connectivity index (χ3n) is 2.88. The van der Waals surface area contributed by atoms with E-state index in [4.69, 9.17) is 0 Å². The lowest BCUT2D eigenvalue weighted by atomic mass is 10.2. The highest BCUT2D eigenvalue weighted by Crippen LogP contribution is 2.28. The molecule has 104 valence electrons. The molecule has 0 fully saturated rings. The van der Waals surface area contributed by atoms with Gasteiger partial charge in [0.15, 0.2) is 5.13 Å². The average Bonchev–Trinajstić information content (AvgIpc) is 2.97. The Morgan fingerprint density at radius 3 is 2.67 bits per heavy atom. The number of thiazole rings is 1. The number of rotatable bonds is 4. The predicted octanol–water partition coefficient (Wildman–Crippen LogP) is 4.46. The van der Waals surface area contributed by atoms with E-state index in [0.717, 1.165) is 11.3 Å². The molecule has 0 aliphatic rings. The van der Waals surface area contributed by atoms with E-state index in [9.17, 15) is 10.1 Å². The summed E-state index contributed by atoms with van der Waals surface area (Å²) in [5.41, 5.74) is 2.63. The van der Waals surface area contributed by atoms with Crippen LogP contribution in [0.2, 0.25) is 0 Å². The van der Waals surface area contributed by atoms with Crippen molar-refractivity contribution in [2.45, 2.75) is 0 Å². The molecule has 0 aliphatic heterocycles. The number of nitrogens with one attached hydrogen (secondary N) is 1. The van der Waals surface area contributed by atoms with Crippen LogP contribution in [0.15, 0.2) is 60.0 Å². The molecule has 5 nitrogen and oxygen atoms in total. The number of nitro groups is 1. The van der Waals surface area contributed by atoms with E-state index in [1.54, 1.807) is 12.1 Å². The summed E-state index contributed by atoms with van der Waals surface area (Å²) in [6.07, 6.45) is 0. The van der Waals surface area contributed by atoms with Crippen molar-refractivity contribution in [3.63, 3.8) is 0 Å². The Kier molecular flexibility index (Phi) is 3.61. The van der Waals surface area contributed by atoms with E-state index < -0.39 is 4.92 Å². The van der Waals surface area contributed by atoms with Crippen LogP contribution in [0.1, 0.15) is 0 Å². The van der Waals surface area contributed by atoms with Crippen LogP contribution in [0, 0.1) is 10.1 Å². The minimum absolute atomic E-state index is 0.0554. The van der Waals surface area contributed by atoms with Gasteiger partial charge in [-0.05, 0) is 6.07 Å². The summed E-state index contributed by atoms with van der Waals surface area (Å²) in [4.78, 5) is 14.8. The van der Waals surface area contributed by atoms with E-state index in [1.807, 2.05) is 35.7 Å². The molecule has 2 aromatic carbocycles. The summed E-state index contributed by atoms with van der Waals surface area (Å²) in [5, 5.41) is 16.5. The van der Waals surface area contributed by atoms with Crippen molar-refractivity contribution >= 4 is 27.8 Å². The lowest BCUT2D eigenvalue weighted by Gasteiger charge is -2.01. The zero-order chi connectivity index (χ0) is 14.7. The minimum Gasteiger partial charge on any atom is -0.331 e. The highest BCUT2D eigenvalue weighted by molar-refractivity contribution is 7.14. The number of non-ortho nitro benzene ring substituents is 1. The van der Waals surface area contributed by atoms with Gasteiger partial charge in [0, 0.05) is 28.8 Å². The molecule has 1 aromatic heterocycles. The van der Waals surface area contributed by atoms with Crippen LogP contribution in [-0.2, 0) is 0 Å². The quantitative estimate of drug-likeness (QED) is 0.570. The molecule has 0 bridgehead atoms. The monoisotopic (exact) mass is 297 g/mol. The number of nitrogens with zero attached hydrogens (tertiary/aromatic N) is 2. The van der Waals surface area contributed by atoms with Crippen molar-refractivity contribution in [1.82, 2.24) is 4.98 Å². The molecule has 0 aliphatic carbocycles. The largest absolute Gasteiger partial charge is 0.331 e. The Balaban J connectivity index is 1.82. The van der Waals surface area contributed by atoms with Gasteiger partial charge in [0.25, 0.3) is 5.69 Å². The first-order valence-corrected chi connectivity index (χ1v) is 7.13. The van der Waals surface area contributed by atoms with Crippen LogP contribution in [0.3, 0.4) is 0 Å². The van der Waals surface area contributed by atoms with Gasteiger partial charge in [0.05, 0.1) is 10.6 Å². The molecule has 21 heavy (non-hydrogen) atoms. The summed E-state index contributed by atoms with van der Waals surface area (Å²) in [6.45, 7) is 0. The molecule has 0 saturated heterocycles. The summed E-state index contributed by atoms with van der Waals surface area (Å²) >= 11 is 1.46. The van der Waals surface area contributed by atoms with Crippen LogP contribution < -0.4 is 5.32 Å². The van der Waals surface area contributed by atoms with Gasteiger partial charge >= 0.3 is 0 Å². The number of hydrogen-bond donors (Lipinski definition) is 1. The summed E-state index contributed by atoms with van der Waals surface area (Å²) in [6, 6.07) is 16.2. The molecule has 0 radical (unpaired) electrons. The second-order valence-electron chi connectivity index (χ2n) is 4.34. The van der Waals surface area contributed by atoms with E-state index in [-0.39, 0.29) is 5.69 Å². The lowest BCUT2D eigenvalue weighted by molar-refractivity contribution is -0.384. The molecule has 1 heterocycles. The number of anilines is 2. The maximum Gasteiger partial charge on any atom is 0.271 e. The molecule has 6 heteroatoms. The minimum atomic E-state index is -0.414. The number of aromatic nitrogens is 1. The van der Waals surface area contributed by atoms with Gasteiger partial charge in [-0.3, -0.25) is 10.1 Å². The Labute approximate surface area is 125 Å². The van der Waals surface area contributed by atoms with E-state index in [0.29, 0.717) is 10.8 Å². The molecule has 0 spiro atoms. The van der Waals surface area contributed by atoms with Crippen molar-refractivity contribution in [2.75, 3.05) is 5.32 Å². The third-order valence-corrected chi connectivity index (χ3v) is 3.64. The summed E-state index contributed by atoms with van der Waals surface area (Å²) < 4.78 is 0. The van der Waals surface area contributed by atoms with Gasteiger partial charge in [0.2, 0.25) is 0 Å². The fraction of sp³-hybridized carbons (Fsp3) is 0. The van der Waals surface area contributed by atoms with Crippen molar-refractivity contribution in [1.29, 1.82) is 0 Å². The highest BCUT2D eigenvalue weighted by Gasteiger charge is 2.08. The van der Waals surface area contributed by atoms with Crippen molar-refractivity contribution in [3.05, 3.63) is 70.1 Å². The maximum atomic E-state index is 10.8. The van der Waals surface area contributed by atoms with Gasteiger partial charge in [0.1, 0.15) is 0 Å². The van der Waals surface area contributed by atoms with Crippen LogP contribution in [-0.4, -0.2) is 9.91 Å². The van der Waals surface area contributed by atoms with E-state index in [1.165, 1.54) is 23.5 Å². The second kappa shape index (κ2) is 5.72. The van der Waals surface area contributed by atoms with Gasteiger partial charge < -0.3 is 5.32 Å². The highest BCUT2D eigenvalue weighted by atomic mass is 32.1. The predicted molar refractivity (Wildman–Crippen MR) is 83.9 cm³/mol. The Bertz CT molecular complexity index is 771. The lowest BCUT2D eigenvalue weighted by Crippen LogP contribution is -1.92. The van der Waals surface area contributed by atoms with Crippen LogP contribution in [0.5, 0.6) is 0 Å². The Hall–Kier alpha value is -2.73. The number of hydrogen-bond acceptors (Lipinski definition) is 5. The SMILES string of the molecule is O=[N+]([O-])c1cccc(Nc2nc(-c3ccccc3)cs2)c1. The van der Waals surface area contributed by atoms with E-state index >= 15 is 0 Å². The third kappa shape index (κ3) is 3.06. The van der Waals surface area contributed by atoms with Crippen molar-refractivity contribution < 1.29 is 4.92 Å². The smallest absolute Gasteiger partial charge is 0.271 e. The molecule has 3 aromatic rings. The Morgan fingerprint density at radius 2 is 1.90 bits per heavy atom.